The van der Waals surface area contributed by atoms with Gasteiger partial charge in [0.1, 0.15) is 0 Å². The first-order chi connectivity index (χ1) is 11.9. The van der Waals surface area contributed by atoms with Crippen molar-refractivity contribution in [3.05, 3.63) is 80.2 Å². The molecule has 3 rings (SSSR count). The van der Waals surface area contributed by atoms with E-state index < -0.39 is 4.92 Å². The highest BCUT2D eigenvalue weighted by Gasteiger charge is 2.35. The normalized spacial score (nSPS) is 15.9. The van der Waals surface area contributed by atoms with E-state index in [0.29, 0.717) is 5.56 Å². The van der Waals surface area contributed by atoms with Crippen molar-refractivity contribution in [1.29, 1.82) is 0 Å². The summed E-state index contributed by atoms with van der Waals surface area (Å²) < 4.78 is 0. The maximum Gasteiger partial charge on any atom is 0.293 e. The van der Waals surface area contributed by atoms with Crippen LogP contribution in [0.1, 0.15) is 16.7 Å². The van der Waals surface area contributed by atoms with Crippen molar-refractivity contribution in [2.45, 2.75) is 13.5 Å². The summed E-state index contributed by atoms with van der Waals surface area (Å²) in [6.07, 6.45) is 1.51. The van der Waals surface area contributed by atoms with Crippen LogP contribution in [0.2, 0.25) is 0 Å². The molecular formula is C18H14N2O4S. The van der Waals surface area contributed by atoms with E-state index in [-0.39, 0.29) is 28.3 Å². The Bertz CT molecular complexity index is 890. The number of carbonyl (C=O) groups excluding carboxylic acids is 2. The molecule has 2 aromatic carbocycles. The number of aryl methyl sites for hydroxylation is 1. The van der Waals surface area contributed by atoms with Gasteiger partial charge in [0.25, 0.3) is 16.8 Å². The number of benzene rings is 2. The topological polar surface area (TPSA) is 80.5 Å². The zero-order chi connectivity index (χ0) is 18.0. The Morgan fingerprint density at radius 3 is 2.56 bits per heavy atom. The van der Waals surface area contributed by atoms with Gasteiger partial charge in [-0.2, -0.15) is 0 Å². The van der Waals surface area contributed by atoms with Gasteiger partial charge in [0.2, 0.25) is 0 Å². The number of nitro groups is 1. The van der Waals surface area contributed by atoms with Crippen molar-refractivity contribution >= 4 is 34.7 Å². The van der Waals surface area contributed by atoms with Crippen LogP contribution in [0, 0.1) is 17.0 Å². The lowest BCUT2D eigenvalue weighted by Crippen LogP contribution is -2.27. The number of carbonyl (C=O) groups is 2. The molecule has 6 nitrogen and oxygen atoms in total. The molecular weight excluding hydrogens is 340 g/mol. The van der Waals surface area contributed by atoms with E-state index in [9.17, 15) is 19.7 Å². The molecule has 2 aromatic rings. The van der Waals surface area contributed by atoms with E-state index in [1.54, 1.807) is 12.1 Å². The van der Waals surface area contributed by atoms with Crippen LogP contribution >= 0.6 is 11.8 Å². The molecule has 0 saturated carbocycles. The Labute approximate surface area is 148 Å². The minimum Gasteiger partial charge on any atom is -0.268 e. The average Bonchev–Trinajstić information content (AvgIpc) is 2.84. The van der Waals surface area contributed by atoms with Gasteiger partial charge in [0, 0.05) is 12.1 Å². The Hall–Kier alpha value is -2.93. The standard InChI is InChI=1S/C18H14N2O4S/c1-12-5-7-13(8-6-12)11-19-17(21)16(25-18(19)22)10-14-3-2-4-15(9-14)20(23)24/h2-10H,11H2,1H3/b16-10+. The summed E-state index contributed by atoms with van der Waals surface area (Å²) in [5, 5.41) is 10.5. The maximum absolute atomic E-state index is 12.5. The van der Waals surface area contributed by atoms with E-state index in [0.717, 1.165) is 22.9 Å². The van der Waals surface area contributed by atoms with Gasteiger partial charge in [-0.3, -0.25) is 24.6 Å². The van der Waals surface area contributed by atoms with Crippen LogP contribution in [0.5, 0.6) is 0 Å². The minimum absolute atomic E-state index is 0.0624. The number of amides is 2. The molecule has 7 heteroatoms. The van der Waals surface area contributed by atoms with Gasteiger partial charge >= 0.3 is 0 Å². The summed E-state index contributed by atoms with van der Waals surface area (Å²) >= 11 is 0.842. The molecule has 1 saturated heterocycles. The third kappa shape index (κ3) is 3.77. The van der Waals surface area contributed by atoms with Gasteiger partial charge < -0.3 is 0 Å². The molecule has 0 unspecified atom stereocenters. The molecule has 0 spiro atoms. The predicted octanol–water partition coefficient (Wildman–Crippen LogP) is 4.14. The number of nitrogens with zero attached hydrogens (tertiary/aromatic N) is 2. The highest BCUT2D eigenvalue weighted by Crippen LogP contribution is 2.33. The fourth-order valence-electron chi connectivity index (χ4n) is 2.39. The van der Waals surface area contributed by atoms with Crippen molar-refractivity contribution in [3.63, 3.8) is 0 Å². The monoisotopic (exact) mass is 354 g/mol. The highest BCUT2D eigenvalue weighted by atomic mass is 32.2. The number of non-ortho nitro benzene ring substituents is 1. The van der Waals surface area contributed by atoms with Crippen LogP contribution in [0.15, 0.2) is 53.4 Å². The largest absolute Gasteiger partial charge is 0.293 e. The lowest BCUT2D eigenvalue weighted by molar-refractivity contribution is -0.384. The van der Waals surface area contributed by atoms with E-state index in [1.165, 1.54) is 23.1 Å². The predicted molar refractivity (Wildman–Crippen MR) is 95.8 cm³/mol. The summed E-state index contributed by atoms with van der Waals surface area (Å²) in [5.41, 5.74) is 2.41. The molecule has 1 fully saturated rings. The van der Waals surface area contributed by atoms with Gasteiger partial charge in [-0.25, -0.2) is 0 Å². The first-order valence-electron chi connectivity index (χ1n) is 7.49. The Balaban J connectivity index is 1.82. The summed E-state index contributed by atoms with van der Waals surface area (Å²) in [6.45, 7) is 2.17. The molecule has 1 heterocycles. The SMILES string of the molecule is Cc1ccc(CN2C(=O)S/C(=C/c3cccc([N+](=O)[O-])c3)C2=O)cc1. The zero-order valence-corrected chi connectivity index (χ0v) is 14.2. The second-order valence-corrected chi connectivity index (χ2v) is 6.60. The van der Waals surface area contributed by atoms with Crippen LogP contribution in [0.3, 0.4) is 0 Å². The molecule has 126 valence electrons. The number of hydrogen-bond acceptors (Lipinski definition) is 5. The van der Waals surface area contributed by atoms with Gasteiger partial charge in [-0.15, -0.1) is 0 Å². The summed E-state index contributed by atoms with van der Waals surface area (Å²) in [7, 11) is 0. The summed E-state index contributed by atoms with van der Waals surface area (Å²) in [5.74, 6) is -0.387. The fraction of sp³-hybridized carbons (Fsp3) is 0.111. The maximum atomic E-state index is 12.5. The number of rotatable bonds is 4. The van der Waals surface area contributed by atoms with Crippen molar-refractivity contribution in [3.8, 4) is 0 Å². The summed E-state index contributed by atoms with van der Waals surface area (Å²) in [4.78, 5) is 36.4. The lowest BCUT2D eigenvalue weighted by Gasteiger charge is -2.12. The smallest absolute Gasteiger partial charge is 0.268 e. The molecule has 0 atom stereocenters. The van der Waals surface area contributed by atoms with Crippen LogP contribution in [0.25, 0.3) is 6.08 Å². The first-order valence-corrected chi connectivity index (χ1v) is 8.31. The van der Waals surface area contributed by atoms with Crippen LogP contribution in [-0.4, -0.2) is 21.0 Å². The summed E-state index contributed by atoms with van der Waals surface area (Å²) in [6, 6.07) is 13.5. The quantitative estimate of drug-likeness (QED) is 0.468. The number of thioether (sulfide) groups is 1. The number of hydrogen-bond donors (Lipinski definition) is 0. The van der Waals surface area contributed by atoms with Crippen molar-refractivity contribution in [2.75, 3.05) is 0 Å². The highest BCUT2D eigenvalue weighted by molar-refractivity contribution is 8.18. The number of nitro benzene ring substituents is 1. The molecule has 0 N–H and O–H groups in total. The van der Waals surface area contributed by atoms with Gasteiger partial charge in [0.05, 0.1) is 16.4 Å². The average molecular weight is 354 g/mol. The molecule has 2 amide bonds. The Morgan fingerprint density at radius 1 is 1.16 bits per heavy atom. The molecule has 0 radical (unpaired) electrons. The van der Waals surface area contributed by atoms with E-state index >= 15 is 0 Å². The Kier molecular flexibility index (Phi) is 4.67. The molecule has 25 heavy (non-hydrogen) atoms. The van der Waals surface area contributed by atoms with Gasteiger partial charge in [0.15, 0.2) is 0 Å². The van der Waals surface area contributed by atoms with Gasteiger partial charge in [-0.05, 0) is 35.9 Å². The molecule has 0 aromatic heterocycles. The van der Waals surface area contributed by atoms with Gasteiger partial charge in [-0.1, -0.05) is 42.0 Å². The second kappa shape index (κ2) is 6.90. The molecule has 0 aliphatic carbocycles. The van der Waals surface area contributed by atoms with E-state index in [4.69, 9.17) is 0 Å². The van der Waals surface area contributed by atoms with Crippen molar-refractivity contribution in [2.24, 2.45) is 0 Å². The third-order valence-corrected chi connectivity index (χ3v) is 4.62. The van der Waals surface area contributed by atoms with Crippen LogP contribution in [0.4, 0.5) is 10.5 Å². The van der Waals surface area contributed by atoms with Crippen molar-refractivity contribution < 1.29 is 14.5 Å². The van der Waals surface area contributed by atoms with Crippen LogP contribution in [-0.2, 0) is 11.3 Å². The molecule has 0 bridgehead atoms. The van der Waals surface area contributed by atoms with E-state index in [2.05, 4.69) is 0 Å². The second-order valence-electron chi connectivity index (χ2n) is 5.61. The lowest BCUT2D eigenvalue weighted by atomic mass is 10.1. The zero-order valence-electron chi connectivity index (χ0n) is 13.3. The number of imide groups is 1. The molecule has 1 aliphatic rings. The van der Waals surface area contributed by atoms with Crippen molar-refractivity contribution in [1.82, 2.24) is 4.90 Å². The van der Waals surface area contributed by atoms with E-state index in [1.807, 2.05) is 31.2 Å². The molecule has 1 aliphatic heterocycles. The third-order valence-electron chi connectivity index (χ3n) is 3.71. The fourth-order valence-corrected chi connectivity index (χ4v) is 3.23. The van der Waals surface area contributed by atoms with Crippen LogP contribution < -0.4 is 0 Å². The Morgan fingerprint density at radius 2 is 1.88 bits per heavy atom. The minimum atomic E-state index is -0.500. The first kappa shape index (κ1) is 16.9.